The molecule has 0 spiro atoms. The zero-order chi connectivity index (χ0) is 15.2. The van der Waals surface area contributed by atoms with Crippen LogP contribution in [0.25, 0.3) is 0 Å². The van der Waals surface area contributed by atoms with Gasteiger partial charge in [0.2, 0.25) is 5.91 Å². The second kappa shape index (κ2) is 6.70. The van der Waals surface area contributed by atoms with Crippen molar-refractivity contribution in [2.24, 2.45) is 5.10 Å². The van der Waals surface area contributed by atoms with Gasteiger partial charge >= 0.3 is 0 Å². The number of carbonyl (C=O) groups excluding carboxylic acids is 1. The van der Waals surface area contributed by atoms with Crippen molar-refractivity contribution in [1.29, 1.82) is 0 Å². The molecule has 0 unspecified atom stereocenters. The molecule has 0 aliphatic rings. The van der Waals surface area contributed by atoms with Gasteiger partial charge in [-0.15, -0.1) is 0 Å². The minimum atomic E-state index is -0.172. The van der Waals surface area contributed by atoms with Crippen molar-refractivity contribution in [3.63, 3.8) is 0 Å². The van der Waals surface area contributed by atoms with Crippen LogP contribution in [-0.2, 0) is 11.2 Å². The summed E-state index contributed by atoms with van der Waals surface area (Å²) in [5.74, 6) is -0.00457. The Bertz CT molecular complexity index is 678. The van der Waals surface area contributed by atoms with E-state index >= 15 is 0 Å². The van der Waals surface area contributed by atoms with Crippen LogP contribution in [0.5, 0.6) is 5.75 Å². The minimum Gasteiger partial charge on any atom is -0.508 e. The first-order chi connectivity index (χ1) is 10.0. The first-order valence-electron chi connectivity index (χ1n) is 6.71. The average Bonchev–Trinajstić information content (AvgIpc) is 2.43. The van der Waals surface area contributed by atoms with Crippen molar-refractivity contribution < 1.29 is 9.90 Å². The summed E-state index contributed by atoms with van der Waals surface area (Å²) in [5, 5.41) is 13.2. The Morgan fingerprint density at radius 1 is 1.19 bits per heavy atom. The van der Waals surface area contributed by atoms with Crippen molar-refractivity contribution in [3.05, 3.63) is 64.7 Å². The first kappa shape index (κ1) is 14.8. The number of amides is 1. The molecule has 108 valence electrons. The molecule has 0 atom stereocenters. The number of hydrogen-bond donors (Lipinski definition) is 2. The highest BCUT2D eigenvalue weighted by Gasteiger charge is 2.03. The van der Waals surface area contributed by atoms with Crippen LogP contribution in [0, 0.1) is 13.8 Å². The lowest BCUT2D eigenvalue weighted by molar-refractivity contribution is -0.120. The second-order valence-electron chi connectivity index (χ2n) is 4.98. The summed E-state index contributed by atoms with van der Waals surface area (Å²) < 4.78 is 0. The highest BCUT2D eigenvalue weighted by molar-refractivity contribution is 5.83. The Morgan fingerprint density at radius 3 is 2.71 bits per heavy atom. The van der Waals surface area contributed by atoms with Gasteiger partial charge in [-0.05, 0) is 48.2 Å². The predicted octanol–water partition coefficient (Wildman–Crippen LogP) is 2.70. The number of hydrogen-bond acceptors (Lipinski definition) is 3. The van der Waals surface area contributed by atoms with Crippen molar-refractivity contribution in [1.82, 2.24) is 5.43 Å². The smallest absolute Gasteiger partial charge is 0.244 e. The Kier molecular flexibility index (Phi) is 4.72. The lowest BCUT2D eigenvalue weighted by atomic mass is 10.0. The topological polar surface area (TPSA) is 61.7 Å². The van der Waals surface area contributed by atoms with E-state index in [1.807, 2.05) is 32.0 Å². The summed E-state index contributed by atoms with van der Waals surface area (Å²) in [6.45, 7) is 4.07. The van der Waals surface area contributed by atoms with E-state index in [-0.39, 0.29) is 11.7 Å². The molecule has 2 rings (SSSR count). The second-order valence-corrected chi connectivity index (χ2v) is 4.98. The molecule has 4 nitrogen and oxygen atoms in total. The Labute approximate surface area is 124 Å². The average molecular weight is 282 g/mol. The lowest BCUT2D eigenvalue weighted by Gasteiger charge is -2.04. The SMILES string of the molecule is Cc1ccc(CC(=O)N/N=C\c2cccc(O)c2)cc1C. The third kappa shape index (κ3) is 4.45. The number of hydrazone groups is 1. The summed E-state index contributed by atoms with van der Waals surface area (Å²) in [7, 11) is 0. The van der Waals surface area contributed by atoms with Gasteiger partial charge < -0.3 is 5.11 Å². The molecule has 0 heterocycles. The zero-order valence-corrected chi connectivity index (χ0v) is 12.1. The molecule has 2 aromatic rings. The van der Waals surface area contributed by atoms with E-state index in [1.165, 1.54) is 17.3 Å². The molecule has 0 saturated carbocycles. The molecule has 0 saturated heterocycles. The number of rotatable bonds is 4. The van der Waals surface area contributed by atoms with E-state index in [0.717, 1.165) is 11.1 Å². The van der Waals surface area contributed by atoms with Crippen LogP contribution in [0.15, 0.2) is 47.6 Å². The molecule has 0 radical (unpaired) electrons. The maximum Gasteiger partial charge on any atom is 0.244 e. The molecule has 2 aromatic carbocycles. The Hall–Kier alpha value is -2.62. The summed E-state index contributed by atoms with van der Waals surface area (Å²) in [4.78, 5) is 11.8. The van der Waals surface area contributed by atoms with Crippen LogP contribution >= 0.6 is 0 Å². The number of nitrogens with one attached hydrogen (secondary N) is 1. The van der Waals surface area contributed by atoms with E-state index in [0.29, 0.717) is 6.42 Å². The number of carbonyl (C=O) groups is 1. The third-order valence-electron chi connectivity index (χ3n) is 3.21. The monoisotopic (exact) mass is 282 g/mol. The first-order valence-corrected chi connectivity index (χ1v) is 6.71. The number of phenolic OH excluding ortho intramolecular Hbond substituents is 1. The number of benzene rings is 2. The fraction of sp³-hybridized carbons (Fsp3) is 0.176. The van der Waals surface area contributed by atoms with Gasteiger partial charge in [0.05, 0.1) is 12.6 Å². The molecule has 0 aliphatic carbocycles. The maximum atomic E-state index is 11.8. The maximum absolute atomic E-state index is 11.8. The normalized spacial score (nSPS) is 10.8. The Morgan fingerprint density at radius 2 is 2.00 bits per heavy atom. The van der Waals surface area contributed by atoms with E-state index in [4.69, 9.17) is 0 Å². The number of nitrogens with zero attached hydrogens (tertiary/aromatic N) is 1. The van der Waals surface area contributed by atoms with Gasteiger partial charge in [-0.1, -0.05) is 30.3 Å². The highest BCUT2D eigenvalue weighted by atomic mass is 16.3. The van der Waals surface area contributed by atoms with Crippen molar-refractivity contribution in [2.75, 3.05) is 0 Å². The van der Waals surface area contributed by atoms with Crippen molar-refractivity contribution in [2.45, 2.75) is 20.3 Å². The van der Waals surface area contributed by atoms with Crippen LogP contribution in [0.2, 0.25) is 0 Å². The summed E-state index contributed by atoms with van der Waals surface area (Å²) in [6, 6.07) is 12.6. The molecule has 0 aromatic heterocycles. The fourth-order valence-electron chi connectivity index (χ4n) is 1.92. The molecular formula is C17H18N2O2. The summed E-state index contributed by atoms with van der Waals surface area (Å²) in [6.07, 6.45) is 1.79. The zero-order valence-electron chi connectivity index (χ0n) is 12.1. The quantitative estimate of drug-likeness (QED) is 0.669. The molecule has 4 heteroatoms. The van der Waals surface area contributed by atoms with Gasteiger partial charge in [0.25, 0.3) is 0 Å². The molecule has 0 aliphatic heterocycles. The largest absolute Gasteiger partial charge is 0.508 e. The van der Waals surface area contributed by atoms with E-state index in [9.17, 15) is 9.90 Å². The van der Waals surface area contributed by atoms with Gasteiger partial charge in [0, 0.05) is 0 Å². The molecule has 0 fully saturated rings. The molecular weight excluding hydrogens is 264 g/mol. The van der Waals surface area contributed by atoms with E-state index < -0.39 is 0 Å². The minimum absolute atomic E-state index is 0.167. The van der Waals surface area contributed by atoms with Gasteiger partial charge in [-0.2, -0.15) is 5.10 Å². The van der Waals surface area contributed by atoms with E-state index in [1.54, 1.807) is 24.3 Å². The number of aromatic hydroxyl groups is 1. The fourth-order valence-corrected chi connectivity index (χ4v) is 1.92. The molecule has 21 heavy (non-hydrogen) atoms. The summed E-state index contributed by atoms with van der Waals surface area (Å²) in [5.41, 5.74) is 6.55. The molecule has 2 N–H and O–H groups in total. The van der Waals surface area contributed by atoms with Gasteiger partial charge in [0.1, 0.15) is 5.75 Å². The lowest BCUT2D eigenvalue weighted by Crippen LogP contribution is -2.19. The number of phenols is 1. The van der Waals surface area contributed by atoms with Crippen LogP contribution in [0.4, 0.5) is 0 Å². The standard InChI is InChI=1S/C17H18N2O2/c1-12-6-7-14(8-13(12)2)10-17(21)19-18-11-15-4-3-5-16(20)9-15/h3-9,11,20H,10H2,1-2H3,(H,19,21)/b18-11-. The summed E-state index contributed by atoms with van der Waals surface area (Å²) >= 11 is 0. The van der Waals surface area contributed by atoms with Gasteiger partial charge in [-0.3, -0.25) is 4.79 Å². The van der Waals surface area contributed by atoms with E-state index in [2.05, 4.69) is 10.5 Å². The van der Waals surface area contributed by atoms with Crippen molar-refractivity contribution in [3.8, 4) is 5.75 Å². The van der Waals surface area contributed by atoms with Crippen LogP contribution in [-0.4, -0.2) is 17.2 Å². The van der Waals surface area contributed by atoms with Gasteiger partial charge in [-0.25, -0.2) is 5.43 Å². The Balaban J connectivity index is 1.91. The molecule has 0 bridgehead atoms. The number of aryl methyl sites for hydroxylation is 2. The molecule has 1 amide bonds. The predicted molar refractivity (Wildman–Crippen MR) is 83.5 cm³/mol. The van der Waals surface area contributed by atoms with Crippen LogP contribution < -0.4 is 5.43 Å². The van der Waals surface area contributed by atoms with Gasteiger partial charge in [0.15, 0.2) is 0 Å². The highest BCUT2D eigenvalue weighted by Crippen LogP contribution is 2.10. The van der Waals surface area contributed by atoms with Crippen molar-refractivity contribution >= 4 is 12.1 Å². The third-order valence-corrected chi connectivity index (χ3v) is 3.21. The van der Waals surface area contributed by atoms with Crippen LogP contribution in [0.3, 0.4) is 0 Å². The van der Waals surface area contributed by atoms with Crippen LogP contribution in [0.1, 0.15) is 22.3 Å².